The zero-order valence-electron chi connectivity index (χ0n) is 19.2. The van der Waals surface area contributed by atoms with Crippen LogP contribution in [0.25, 0.3) is 16.5 Å². The summed E-state index contributed by atoms with van der Waals surface area (Å²) in [5.74, 6) is -0.801. The lowest BCUT2D eigenvalue weighted by atomic mass is 9.95. The number of hydrogen-bond acceptors (Lipinski definition) is 6. The Morgan fingerprint density at radius 2 is 1.86 bits per heavy atom. The van der Waals surface area contributed by atoms with Crippen LogP contribution < -0.4 is 4.74 Å². The van der Waals surface area contributed by atoms with Crippen LogP contribution in [0.3, 0.4) is 0 Å². The summed E-state index contributed by atoms with van der Waals surface area (Å²) in [5, 5.41) is 13.1. The molecule has 5 rings (SSSR count). The highest BCUT2D eigenvalue weighted by Crippen LogP contribution is 2.39. The van der Waals surface area contributed by atoms with E-state index in [0.717, 1.165) is 16.5 Å². The van der Waals surface area contributed by atoms with E-state index < -0.39 is 17.7 Å². The molecule has 0 bridgehead atoms. The molecule has 1 aliphatic heterocycles. The van der Waals surface area contributed by atoms with Gasteiger partial charge in [0.2, 0.25) is 0 Å². The number of carbonyl (C=O) groups excluding carboxylic acids is 2. The fourth-order valence-corrected chi connectivity index (χ4v) is 4.49. The van der Waals surface area contributed by atoms with Crippen molar-refractivity contribution in [1.29, 1.82) is 0 Å². The van der Waals surface area contributed by atoms with Gasteiger partial charge in [-0.3, -0.25) is 14.6 Å². The number of methoxy groups -OCH3 is 1. The number of ether oxygens (including phenoxy) is 1. The van der Waals surface area contributed by atoms with Crippen LogP contribution in [0, 0.1) is 0 Å². The molecule has 0 aliphatic carbocycles. The summed E-state index contributed by atoms with van der Waals surface area (Å²) in [4.78, 5) is 36.0. The highest BCUT2D eigenvalue weighted by Gasteiger charge is 2.45. The van der Waals surface area contributed by atoms with E-state index >= 15 is 0 Å². The number of Topliss-reactive ketones (excluding diaryl/α,β-unsaturated/α-hetero) is 1. The highest BCUT2D eigenvalue weighted by atomic mass is 16.5. The van der Waals surface area contributed by atoms with E-state index in [-0.39, 0.29) is 11.3 Å². The number of rotatable bonds is 7. The van der Waals surface area contributed by atoms with Crippen LogP contribution in [0.5, 0.6) is 5.75 Å². The molecule has 3 heterocycles. The molecule has 1 amide bonds. The maximum atomic E-state index is 13.2. The lowest BCUT2D eigenvalue weighted by molar-refractivity contribution is -0.139. The molecule has 8 nitrogen and oxygen atoms in total. The van der Waals surface area contributed by atoms with Crippen molar-refractivity contribution in [3.63, 3.8) is 0 Å². The predicted molar refractivity (Wildman–Crippen MR) is 131 cm³/mol. The Labute approximate surface area is 202 Å². The Kier molecular flexibility index (Phi) is 6.01. The summed E-state index contributed by atoms with van der Waals surface area (Å²) in [7, 11) is 1.61. The smallest absolute Gasteiger partial charge is 0.295 e. The molecule has 0 spiro atoms. The third-order valence-electron chi connectivity index (χ3n) is 6.24. The van der Waals surface area contributed by atoms with Crippen LogP contribution in [-0.2, 0) is 16.1 Å². The van der Waals surface area contributed by atoms with Crippen molar-refractivity contribution >= 4 is 28.2 Å². The standard InChI is InChI=1S/C27H24N4O4/c1-35-22-8-7-18-14-20(6-5-19(18)15-22)25(32)23-24(21-4-2-9-28-16-21)31(27(34)26(23)33)12-3-11-30-13-10-29-17-30/h2,4-10,13-17,24,32H,3,11-12H2,1H3/b25-23+. The second kappa shape index (κ2) is 9.42. The number of pyridine rings is 1. The molecule has 1 N–H and O–H groups in total. The predicted octanol–water partition coefficient (Wildman–Crippen LogP) is 3.95. The maximum absolute atomic E-state index is 13.2. The normalized spacial score (nSPS) is 17.3. The van der Waals surface area contributed by atoms with Gasteiger partial charge in [-0.25, -0.2) is 4.98 Å². The molecule has 2 aromatic carbocycles. The number of fused-ring (bicyclic) bond motifs is 1. The monoisotopic (exact) mass is 468 g/mol. The number of imidazole rings is 1. The summed E-state index contributed by atoms with van der Waals surface area (Å²) in [6.45, 7) is 0.994. The number of aliphatic hydroxyl groups excluding tert-OH is 1. The molecule has 1 fully saturated rings. The summed E-state index contributed by atoms with van der Waals surface area (Å²) in [5.41, 5.74) is 1.20. The Bertz CT molecular complexity index is 1410. The van der Waals surface area contributed by atoms with Crippen molar-refractivity contribution < 1.29 is 19.4 Å². The van der Waals surface area contributed by atoms with Crippen LogP contribution in [0.15, 0.2) is 85.2 Å². The minimum absolute atomic E-state index is 0.0680. The van der Waals surface area contributed by atoms with Gasteiger partial charge in [-0.05, 0) is 47.0 Å². The van der Waals surface area contributed by atoms with E-state index in [0.29, 0.717) is 30.6 Å². The molecule has 8 heteroatoms. The lowest BCUT2D eigenvalue weighted by Crippen LogP contribution is -2.31. The number of aryl methyl sites for hydroxylation is 1. The van der Waals surface area contributed by atoms with E-state index in [1.165, 1.54) is 4.90 Å². The number of likely N-dealkylation sites (tertiary alicyclic amines) is 1. The van der Waals surface area contributed by atoms with E-state index in [4.69, 9.17) is 4.74 Å². The van der Waals surface area contributed by atoms with Crippen LogP contribution >= 0.6 is 0 Å². The van der Waals surface area contributed by atoms with Crippen molar-refractivity contribution in [2.24, 2.45) is 0 Å². The molecule has 176 valence electrons. The fourth-order valence-electron chi connectivity index (χ4n) is 4.49. The van der Waals surface area contributed by atoms with Crippen molar-refractivity contribution in [3.05, 3.63) is 96.3 Å². The van der Waals surface area contributed by atoms with Crippen LogP contribution in [0.2, 0.25) is 0 Å². The molecule has 2 aromatic heterocycles. The Balaban J connectivity index is 1.54. The quantitative estimate of drug-likeness (QED) is 0.251. The van der Waals surface area contributed by atoms with Crippen LogP contribution in [0.4, 0.5) is 0 Å². The maximum Gasteiger partial charge on any atom is 0.295 e. The van der Waals surface area contributed by atoms with E-state index in [1.54, 1.807) is 50.2 Å². The third kappa shape index (κ3) is 4.26. The van der Waals surface area contributed by atoms with Gasteiger partial charge >= 0.3 is 0 Å². The summed E-state index contributed by atoms with van der Waals surface area (Å²) < 4.78 is 7.20. The van der Waals surface area contributed by atoms with Gasteiger partial charge in [0, 0.05) is 43.4 Å². The van der Waals surface area contributed by atoms with Gasteiger partial charge in [-0.2, -0.15) is 0 Å². The van der Waals surface area contributed by atoms with Crippen LogP contribution in [0.1, 0.15) is 23.6 Å². The average Bonchev–Trinajstić information content (AvgIpc) is 3.50. The number of nitrogens with zero attached hydrogens (tertiary/aromatic N) is 4. The lowest BCUT2D eigenvalue weighted by Gasteiger charge is -2.25. The number of amides is 1. The number of ketones is 1. The zero-order valence-corrected chi connectivity index (χ0v) is 19.2. The first-order valence-corrected chi connectivity index (χ1v) is 11.3. The minimum Gasteiger partial charge on any atom is -0.507 e. The first-order valence-electron chi connectivity index (χ1n) is 11.3. The Hall–Kier alpha value is -4.46. The fraction of sp³-hybridized carbons (Fsp3) is 0.185. The Morgan fingerprint density at radius 3 is 2.60 bits per heavy atom. The van der Waals surface area contributed by atoms with Gasteiger partial charge in [0.25, 0.3) is 11.7 Å². The topological polar surface area (TPSA) is 97.6 Å². The molecule has 1 saturated heterocycles. The second-order valence-corrected chi connectivity index (χ2v) is 8.36. The van der Waals surface area contributed by atoms with E-state index in [1.807, 2.05) is 41.1 Å². The number of carbonyl (C=O) groups is 2. The number of aliphatic hydroxyl groups is 1. The van der Waals surface area contributed by atoms with Gasteiger partial charge in [0.1, 0.15) is 11.5 Å². The SMILES string of the molecule is COc1ccc2cc(/C(O)=C3\C(=O)C(=O)N(CCCn4ccnc4)C3c3cccnc3)ccc2c1. The van der Waals surface area contributed by atoms with Gasteiger partial charge in [0.15, 0.2) is 0 Å². The summed E-state index contributed by atoms with van der Waals surface area (Å²) >= 11 is 0. The molecule has 0 saturated carbocycles. The molecular formula is C27H24N4O4. The highest BCUT2D eigenvalue weighted by molar-refractivity contribution is 6.46. The Morgan fingerprint density at radius 1 is 1.03 bits per heavy atom. The minimum atomic E-state index is -0.724. The average molecular weight is 469 g/mol. The molecular weight excluding hydrogens is 444 g/mol. The second-order valence-electron chi connectivity index (χ2n) is 8.36. The number of benzene rings is 2. The van der Waals surface area contributed by atoms with Gasteiger partial charge < -0.3 is 19.3 Å². The van der Waals surface area contributed by atoms with Crippen LogP contribution in [-0.4, -0.2) is 49.9 Å². The number of hydrogen-bond donors (Lipinski definition) is 1. The molecule has 35 heavy (non-hydrogen) atoms. The first-order chi connectivity index (χ1) is 17.1. The molecule has 1 unspecified atom stereocenters. The molecule has 1 atom stereocenters. The molecule has 4 aromatic rings. The molecule has 1 aliphatic rings. The van der Waals surface area contributed by atoms with Crippen molar-refractivity contribution in [1.82, 2.24) is 19.4 Å². The van der Waals surface area contributed by atoms with Gasteiger partial charge in [-0.15, -0.1) is 0 Å². The van der Waals surface area contributed by atoms with Crippen molar-refractivity contribution in [3.8, 4) is 5.75 Å². The van der Waals surface area contributed by atoms with E-state index in [2.05, 4.69) is 9.97 Å². The summed E-state index contributed by atoms with van der Waals surface area (Å²) in [6, 6.07) is 13.9. The third-order valence-corrected chi connectivity index (χ3v) is 6.24. The largest absolute Gasteiger partial charge is 0.507 e. The van der Waals surface area contributed by atoms with E-state index in [9.17, 15) is 14.7 Å². The van der Waals surface area contributed by atoms with Gasteiger partial charge in [0.05, 0.1) is 25.1 Å². The summed E-state index contributed by atoms with van der Waals surface area (Å²) in [6.07, 6.45) is 9.13. The van der Waals surface area contributed by atoms with Crippen molar-refractivity contribution in [2.45, 2.75) is 19.0 Å². The molecule has 0 radical (unpaired) electrons. The first kappa shape index (κ1) is 22.3. The number of aromatic nitrogens is 3. The van der Waals surface area contributed by atoms with Gasteiger partial charge in [-0.1, -0.05) is 24.3 Å². The zero-order chi connectivity index (χ0) is 24.4. The van der Waals surface area contributed by atoms with Crippen molar-refractivity contribution in [2.75, 3.05) is 13.7 Å².